The lowest BCUT2D eigenvalue weighted by Crippen LogP contribution is -2.16. The number of ether oxygens (including phenoxy) is 1. The van der Waals surface area contributed by atoms with Crippen LogP contribution in [0.25, 0.3) is 10.9 Å². The predicted octanol–water partition coefficient (Wildman–Crippen LogP) is 4.50. The van der Waals surface area contributed by atoms with Crippen LogP contribution in [-0.2, 0) is 4.79 Å². The second kappa shape index (κ2) is 9.64. The lowest BCUT2D eigenvalue weighted by molar-refractivity contribution is -0.114. The fraction of sp³-hybridized carbons (Fsp3) is 0.190. The van der Waals surface area contributed by atoms with Gasteiger partial charge in [-0.3, -0.25) is 4.79 Å². The molecule has 0 unspecified atom stereocenters. The second-order valence-electron chi connectivity index (χ2n) is 6.70. The molecule has 3 rings (SSSR count). The second-order valence-corrected chi connectivity index (χ2v) is 7.61. The van der Waals surface area contributed by atoms with Gasteiger partial charge in [-0.05, 0) is 44.4 Å². The quantitative estimate of drug-likeness (QED) is 0.491. The summed E-state index contributed by atoms with van der Waals surface area (Å²) in [5, 5.41) is 6.44. The van der Waals surface area contributed by atoms with Crippen LogP contribution in [0, 0.1) is 0 Å². The molecule has 7 nitrogen and oxygen atoms in total. The highest BCUT2D eigenvalue weighted by Crippen LogP contribution is 2.33. The van der Waals surface area contributed by atoms with Gasteiger partial charge in [0.1, 0.15) is 17.9 Å². The number of carbonyl (C=O) groups excluding carboxylic acids is 1. The number of fused-ring (bicyclic) bond motifs is 1. The molecule has 0 aliphatic heterocycles. The predicted molar refractivity (Wildman–Crippen MR) is 120 cm³/mol. The van der Waals surface area contributed by atoms with Crippen LogP contribution in [0.4, 0.5) is 21.6 Å². The first kappa shape index (κ1) is 21.7. The van der Waals surface area contributed by atoms with Crippen molar-refractivity contribution < 1.29 is 13.9 Å². The number of rotatable bonds is 7. The number of methoxy groups -OCH3 is 1. The number of benzene rings is 2. The van der Waals surface area contributed by atoms with Crippen LogP contribution < -0.4 is 15.4 Å². The summed E-state index contributed by atoms with van der Waals surface area (Å²) in [6, 6.07) is 10.9. The number of nitrogens with one attached hydrogen (secondary N) is 2. The van der Waals surface area contributed by atoms with E-state index in [9.17, 15) is 9.18 Å². The Kier molecular flexibility index (Phi) is 6.96. The third-order valence-corrected chi connectivity index (χ3v) is 4.64. The molecule has 0 aliphatic rings. The number of aromatic nitrogens is 2. The van der Waals surface area contributed by atoms with Gasteiger partial charge in [0.25, 0.3) is 5.91 Å². The SMILES string of the molecule is COc1cc2ncnc(Nc3cccc(Br)c3)c2cc1NC(=O)/C(F)=C/CN(C)C. The van der Waals surface area contributed by atoms with Gasteiger partial charge in [-0.2, -0.15) is 0 Å². The van der Waals surface area contributed by atoms with Crippen molar-refractivity contribution in [2.24, 2.45) is 0 Å². The van der Waals surface area contributed by atoms with E-state index in [-0.39, 0.29) is 0 Å². The van der Waals surface area contributed by atoms with E-state index in [1.807, 2.05) is 24.3 Å². The summed E-state index contributed by atoms with van der Waals surface area (Å²) < 4.78 is 20.4. The molecule has 2 N–H and O–H groups in total. The zero-order valence-corrected chi connectivity index (χ0v) is 18.3. The first-order chi connectivity index (χ1) is 14.4. The van der Waals surface area contributed by atoms with E-state index in [1.54, 1.807) is 31.1 Å². The topological polar surface area (TPSA) is 79.4 Å². The monoisotopic (exact) mass is 473 g/mol. The van der Waals surface area contributed by atoms with E-state index in [2.05, 4.69) is 36.5 Å². The smallest absolute Gasteiger partial charge is 0.284 e. The van der Waals surface area contributed by atoms with Crippen molar-refractivity contribution in [3.63, 3.8) is 0 Å². The molecule has 1 heterocycles. The molecule has 0 atom stereocenters. The van der Waals surface area contributed by atoms with Crippen LogP contribution in [0.1, 0.15) is 0 Å². The molecule has 0 bridgehead atoms. The van der Waals surface area contributed by atoms with Crippen LogP contribution in [0.15, 0.2) is 59.1 Å². The number of anilines is 3. The average molecular weight is 474 g/mol. The molecule has 1 amide bonds. The number of nitrogens with zero attached hydrogens (tertiary/aromatic N) is 3. The Morgan fingerprint density at radius 1 is 1.27 bits per heavy atom. The third kappa shape index (κ3) is 5.31. The van der Waals surface area contributed by atoms with E-state index in [0.29, 0.717) is 34.7 Å². The van der Waals surface area contributed by atoms with E-state index in [4.69, 9.17) is 4.74 Å². The van der Waals surface area contributed by atoms with E-state index in [1.165, 1.54) is 19.5 Å². The summed E-state index contributed by atoms with van der Waals surface area (Å²) in [5.74, 6) is -0.821. The van der Waals surface area contributed by atoms with Gasteiger partial charge in [-0.15, -0.1) is 0 Å². The Bertz CT molecular complexity index is 1100. The lowest BCUT2D eigenvalue weighted by Gasteiger charge is -2.14. The molecular formula is C21H21BrFN5O2. The largest absolute Gasteiger partial charge is 0.494 e. The molecule has 2 aromatic carbocycles. The zero-order chi connectivity index (χ0) is 21.7. The maximum Gasteiger partial charge on any atom is 0.284 e. The van der Waals surface area contributed by atoms with Crippen molar-refractivity contribution in [2.45, 2.75) is 0 Å². The van der Waals surface area contributed by atoms with Gasteiger partial charge < -0.3 is 20.3 Å². The van der Waals surface area contributed by atoms with Crippen LogP contribution in [0.5, 0.6) is 5.75 Å². The first-order valence-electron chi connectivity index (χ1n) is 9.04. The molecule has 0 saturated carbocycles. The van der Waals surface area contributed by atoms with Crippen LogP contribution in [0.2, 0.25) is 0 Å². The molecule has 0 aliphatic carbocycles. The van der Waals surface area contributed by atoms with Gasteiger partial charge in [-0.25, -0.2) is 14.4 Å². The van der Waals surface area contributed by atoms with Crippen molar-refractivity contribution in [1.29, 1.82) is 0 Å². The van der Waals surface area contributed by atoms with Crippen molar-refractivity contribution in [2.75, 3.05) is 38.4 Å². The fourth-order valence-electron chi connectivity index (χ4n) is 2.69. The average Bonchev–Trinajstić information content (AvgIpc) is 2.72. The first-order valence-corrected chi connectivity index (χ1v) is 9.83. The van der Waals surface area contributed by atoms with Gasteiger partial charge in [0.2, 0.25) is 0 Å². The molecule has 3 aromatic rings. The maximum atomic E-state index is 14.1. The van der Waals surface area contributed by atoms with E-state index < -0.39 is 11.7 Å². The Labute approximate surface area is 182 Å². The Morgan fingerprint density at radius 2 is 2.07 bits per heavy atom. The normalized spacial score (nSPS) is 11.6. The number of hydrogen-bond acceptors (Lipinski definition) is 6. The summed E-state index contributed by atoms with van der Waals surface area (Å²) in [5.41, 5.74) is 1.75. The van der Waals surface area contributed by atoms with Gasteiger partial charge in [-0.1, -0.05) is 22.0 Å². The number of hydrogen-bond donors (Lipinski definition) is 2. The van der Waals surface area contributed by atoms with Crippen LogP contribution >= 0.6 is 15.9 Å². The molecule has 156 valence electrons. The van der Waals surface area contributed by atoms with E-state index >= 15 is 0 Å². The molecule has 30 heavy (non-hydrogen) atoms. The van der Waals surface area contributed by atoms with Gasteiger partial charge in [0.15, 0.2) is 5.83 Å². The summed E-state index contributed by atoms with van der Waals surface area (Å²) in [6.07, 6.45) is 2.65. The number of carbonyl (C=O) groups is 1. The summed E-state index contributed by atoms with van der Waals surface area (Å²) in [6.45, 7) is 0.308. The summed E-state index contributed by atoms with van der Waals surface area (Å²) in [4.78, 5) is 22.6. The van der Waals surface area contributed by atoms with Gasteiger partial charge in [0.05, 0.1) is 18.3 Å². The Balaban J connectivity index is 1.96. The number of amides is 1. The highest BCUT2D eigenvalue weighted by Gasteiger charge is 2.15. The maximum absolute atomic E-state index is 14.1. The highest BCUT2D eigenvalue weighted by molar-refractivity contribution is 9.10. The van der Waals surface area contributed by atoms with Gasteiger partial charge in [0, 0.05) is 28.2 Å². The van der Waals surface area contributed by atoms with Crippen molar-refractivity contribution >= 4 is 49.9 Å². The Hall–Kier alpha value is -3.04. The van der Waals surface area contributed by atoms with Crippen molar-refractivity contribution in [3.8, 4) is 5.75 Å². The standard InChI is InChI=1S/C21H21BrFN5O2/c1-28(2)8-7-16(23)21(29)27-18-10-15-17(11-19(18)30-3)24-12-25-20(15)26-14-6-4-5-13(22)9-14/h4-7,9-12H,8H2,1-3H3,(H,27,29)(H,24,25,26)/b16-7-. The van der Waals surface area contributed by atoms with Crippen molar-refractivity contribution in [1.82, 2.24) is 14.9 Å². The molecule has 0 fully saturated rings. The lowest BCUT2D eigenvalue weighted by atomic mass is 10.1. The van der Waals surface area contributed by atoms with Crippen LogP contribution in [-0.4, -0.2) is 48.5 Å². The minimum Gasteiger partial charge on any atom is -0.494 e. The Morgan fingerprint density at radius 3 is 2.77 bits per heavy atom. The highest BCUT2D eigenvalue weighted by atomic mass is 79.9. The van der Waals surface area contributed by atoms with Gasteiger partial charge >= 0.3 is 0 Å². The summed E-state index contributed by atoms with van der Waals surface area (Å²) in [7, 11) is 5.04. The fourth-order valence-corrected chi connectivity index (χ4v) is 3.09. The zero-order valence-electron chi connectivity index (χ0n) is 16.7. The molecular weight excluding hydrogens is 453 g/mol. The third-order valence-electron chi connectivity index (χ3n) is 4.14. The minimum atomic E-state index is -0.873. The number of halogens is 2. The van der Waals surface area contributed by atoms with E-state index in [0.717, 1.165) is 10.2 Å². The minimum absolute atomic E-state index is 0.308. The molecule has 1 aromatic heterocycles. The van der Waals surface area contributed by atoms with Crippen molar-refractivity contribution in [3.05, 3.63) is 59.1 Å². The van der Waals surface area contributed by atoms with Crippen LogP contribution in [0.3, 0.4) is 0 Å². The molecule has 0 saturated heterocycles. The molecule has 9 heteroatoms. The summed E-state index contributed by atoms with van der Waals surface area (Å²) >= 11 is 3.44. The molecule has 0 spiro atoms. The molecule has 0 radical (unpaired) electrons. The number of likely N-dealkylation sites (N-methyl/N-ethyl adjacent to an activating group) is 1.